The van der Waals surface area contributed by atoms with Crippen molar-refractivity contribution in [2.24, 2.45) is 5.92 Å². The minimum atomic E-state index is 0.0874. The van der Waals surface area contributed by atoms with Gasteiger partial charge in [0.2, 0.25) is 5.91 Å². The lowest BCUT2D eigenvalue weighted by molar-refractivity contribution is -0.122. The zero-order valence-electron chi connectivity index (χ0n) is 12.8. The van der Waals surface area contributed by atoms with E-state index in [4.69, 9.17) is 11.6 Å². The zero-order chi connectivity index (χ0) is 15.0. The van der Waals surface area contributed by atoms with Crippen molar-refractivity contribution in [3.05, 3.63) is 35.4 Å². The summed E-state index contributed by atoms with van der Waals surface area (Å²) in [6.07, 6.45) is 3.35. The first-order valence-electron chi connectivity index (χ1n) is 7.52. The number of hydrogen-bond donors (Lipinski definition) is 1. The van der Waals surface area contributed by atoms with Gasteiger partial charge in [-0.2, -0.15) is 0 Å². The molecular weight excluding hydrogens is 270 g/mol. The molecule has 0 aliphatic carbocycles. The zero-order valence-corrected chi connectivity index (χ0v) is 13.5. The lowest BCUT2D eigenvalue weighted by atomic mass is 9.94. The van der Waals surface area contributed by atoms with Crippen LogP contribution < -0.4 is 5.32 Å². The van der Waals surface area contributed by atoms with E-state index in [0.29, 0.717) is 18.2 Å². The number of alkyl halides is 1. The molecule has 2 nitrogen and oxygen atoms in total. The Morgan fingerprint density at radius 3 is 2.35 bits per heavy atom. The second kappa shape index (κ2) is 9.02. The summed E-state index contributed by atoms with van der Waals surface area (Å²) < 4.78 is 0. The molecule has 0 spiro atoms. The predicted molar refractivity (Wildman–Crippen MR) is 86.1 cm³/mol. The van der Waals surface area contributed by atoms with E-state index in [9.17, 15) is 4.79 Å². The van der Waals surface area contributed by atoms with Crippen LogP contribution in [0.4, 0.5) is 0 Å². The van der Waals surface area contributed by atoms with Gasteiger partial charge in [0.1, 0.15) is 0 Å². The molecule has 0 aromatic heterocycles. The van der Waals surface area contributed by atoms with Crippen LogP contribution in [0.15, 0.2) is 24.3 Å². The maximum absolute atomic E-state index is 12.0. The van der Waals surface area contributed by atoms with Gasteiger partial charge in [-0.25, -0.2) is 0 Å². The molecule has 1 N–H and O–H groups in total. The highest BCUT2D eigenvalue weighted by molar-refractivity contribution is 6.17. The van der Waals surface area contributed by atoms with E-state index in [2.05, 4.69) is 50.4 Å². The molecule has 0 saturated heterocycles. The van der Waals surface area contributed by atoms with Gasteiger partial charge < -0.3 is 5.32 Å². The smallest absolute Gasteiger partial charge is 0.220 e. The number of rotatable bonds is 8. The Labute approximate surface area is 127 Å². The van der Waals surface area contributed by atoms with Crippen LogP contribution in [0.5, 0.6) is 0 Å². The first-order chi connectivity index (χ1) is 9.58. The monoisotopic (exact) mass is 295 g/mol. The van der Waals surface area contributed by atoms with E-state index < -0.39 is 0 Å². The number of benzene rings is 1. The van der Waals surface area contributed by atoms with Crippen molar-refractivity contribution < 1.29 is 4.79 Å². The summed E-state index contributed by atoms with van der Waals surface area (Å²) in [6.45, 7) is 6.42. The standard InChI is InChI=1S/C17H26ClNO/c1-4-14-8-10-15(11-9-14)17(13(2)3)19-16(20)7-5-6-12-18/h8-11,13,17H,4-7,12H2,1-3H3,(H,19,20). The van der Waals surface area contributed by atoms with Crippen LogP contribution >= 0.6 is 11.6 Å². The largest absolute Gasteiger partial charge is 0.349 e. The highest BCUT2D eigenvalue weighted by Gasteiger charge is 2.17. The number of amides is 1. The Hall–Kier alpha value is -1.02. The van der Waals surface area contributed by atoms with Crippen molar-refractivity contribution >= 4 is 17.5 Å². The van der Waals surface area contributed by atoms with Crippen molar-refractivity contribution in [2.45, 2.75) is 52.5 Å². The highest BCUT2D eigenvalue weighted by atomic mass is 35.5. The third-order valence-electron chi connectivity index (χ3n) is 3.52. The SMILES string of the molecule is CCc1ccc(C(NC(=O)CCCCCl)C(C)C)cc1. The van der Waals surface area contributed by atoms with Crippen molar-refractivity contribution in [1.29, 1.82) is 0 Å². The van der Waals surface area contributed by atoms with Gasteiger partial charge in [0.05, 0.1) is 6.04 Å². The molecule has 1 unspecified atom stereocenters. The van der Waals surface area contributed by atoms with Gasteiger partial charge in [0, 0.05) is 12.3 Å². The Kier molecular flexibility index (Phi) is 7.68. The van der Waals surface area contributed by atoms with E-state index in [-0.39, 0.29) is 11.9 Å². The number of nitrogens with one attached hydrogen (secondary N) is 1. The average Bonchev–Trinajstić information content (AvgIpc) is 2.45. The van der Waals surface area contributed by atoms with Crippen molar-refractivity contribution in [3.63, 3.8) is 0 Å². The minimum absolute atomic E-state index is 0.0874. The second-order valence-corrected chi connectivity index (χ2v) is 5.91. The molecule has 0 aliphatic rings. The summed E-state index contributed by atoms with van der Waals surface area (Å²) in [5.74, 6) is 1.12. The summed E-state index contributed by atoms with van der Waals surface area (Å²) in [6, 6.07) is 8.63. The maximum atomic E-state index is 12.0. The fourth-order valence-corrected chi connectivity index (χ4v) is 2.41. The highest BCUT2D eigenvalue weighted by Crippen LogP contribution is 2.22. The molecule has 1 aromatic carbocycles. The van der Waals surface area contributed by atoms with Crippen molar-refractivity contribution in [1.82, 2.24) is 5.32 Å². The Morgan fingerprint density at radius 1 is 1.20 bits per heavy atom. The molecule has 0 heterocycles. The molecule has 1 rings (SSSR count). The van der Waals surface area contributed by atoms with Crippen molar-refractivity contribution in [3.8, 4) is 0 Å². The summed E-state index contributed by atoms with van der Waals surface area (Å²) in [5, 5.41) is 3.15. The maximum Gasteiger partial charge on any atom is 0.220 e. The summed E-state index contributed by atoms with van der Waals surface area (Å²) >= 11 is 5.63. The van der Waals surface area contributed by atoms with E-state index in [1.807, 2.05) is 0 Å². The minimum Gasteiger partial charge on any atom is -0.349 e. The molecule has 0 saturated carbocycles. The van der Waals surface area contributed by atoms with Gasteiger partial charge in [-0.05, 0) is 36.3 Å². The summed E-state index contributed by atoms with van der Waals surface area (Å²) in [5.41, 5.74) is 2.51. The number of carbonyl (C=O) groups excluding carboxylic acids is 1. The van der Waals surface area contributed by atoms with Crippen LogP contribution in [0.25, 0.3) is 0 Å². The van der Waals surface area contributed by atoms with Crippen LogP contribution in [0.2, 0.25) is 0 Å². The number of halogens is 1. The topological polar surface area (TPSA) is 29.1 Å². The third kappa shape index (κ3) is 5.54. The van der Waals surface area contributed by atoms with Crippen LogP contribution in [-0.2, 0) is 11.2 Å². The quantitative estimate of drug-likeness (QED) is 0.556. The van der Waals surface area contributed by atoms with Crippen LogP contribution in [-0.4, -0.2) is 11.8 Å². The molecule has 20 heavy (non-hydrogen) atoms. The van der Waals surface area contributed by atoms with E-state index in [0.717, 1.165) is 19.3 Å². The molecule has 3 heteroatoms. The molecule has 0 fully saturated rings. The molecule has 1 atom stereocenters. The average molecular weight is 296 g/mol. The van der Waals surface area contributed by atoms with Gasteiger partial charge >= 0.3 is 0 Å². The lowest BCUT2D eigenvalue weighted by Gasteiger charge is -2.23. The molecule has 0 bridgehead atoms. The van der Waals surface area contributed by atoms with Gasteiger partial charge in [-0.15, -0.1) is 11.6 Å². The molecule has 1 amide bonds. The van der Waals surface area contributed by atoms with Crippen molar-refractivity contribution in [2.75, 3.05) is 5.88 Å². The van der Waals surface area contributed by atoms with E-state index in [1.165, 1.54) is 11.1 Å². The van der Waals surface area contributed by atoms with Gasteiger partial charge in [0.15, 0.2) is 0 Å². The number of carbonyl (C=O) groups is 1. The normalized spacial score (nSPS) is 12.4. The van der Waals surface area contributed by atoms with E-state index in [1.54, 1.807) is 0 Å². The first kappa shape index (κ1) is 17.0. The Balaban J connectivity index is 2.65. The van der Waals surface area contributed by atoms with Crippen LogP contribution in [0, 0.1) is 5.92 Å². The lowest BCUT2D eigenvalue weighted by Crippen LogP contribution is -2.31. The Morgan fingerprint density at radius 2 is 1.85 bits per heavy atom. The Bertz CT molecular complexity index is 400. The van der Waals surface area contributed by atoms with Gasteiger partial charge in [-0.3, -0.25) is 4.79 Å². The fraction of sp³-hybridized carbons (Fsp3) is 0.588. The first-order valence-corrected chi connectivity index (χ1v) is 8.06. The summed E-state index contributed by atoms with van der Waals surface area (Å²) in [4.78, 5) is 12.0. The van der Waals surface area contributed by atoms with Crippen LogP contribution in [0.1, 0.15) is 57.2 Å². The number of hydrogen-bond acceptors (Lipinski definition) is 1. The number of unbranched alkanes of at least 4 members (excludes halogenated alkanes) is 1. The van der Waals surface area contributed by atoms with Gasteiger partial charge in [-0.1, -0.05) is 45.0 Å². The predicted octanol–water partition coefficient (Wildman–Crippen LogP) is 4.47. The third-order valence-corrected chi connectivity index (χ3v) is 3.78. The summed E-state index contributed by atoms with van der Waals surface area (Å²) in [7, 11) is 0. The molecule has 0 aliphatic heterocycles. The van der Waals surface area contributed by atoms with E-state index >= 15 is 0 Å². The fourth-order valence-electron chi connectivity index (χ4n) is 2.22. The van der Waals surface area contributed by atoms with Crippen LogP contribution in [0.3, 0.4) is 0 Å². The number of aryl methyl sites for hydroxylation is 1. The molecular formula is C17H26ClNO. The molecule has 1 aromatic rings. The van der Waals surface area contributed by atoms with Gasteiger partial charge in [0.25, 0.3) is 0 Å². The second-order valence-electron chi connectivity index (χ2n) is 5.53. The molecule has 112 valence electrons. The molecule has 0 radical (unpaired) electrons.